The monoisotopic (exact) mass is 446 g/mol. The van der Waals surface area contributed by atoms with Gasteiger partial charge < -0.3 is 9.64 Å². The number of ether oxygens (including phenoxy) is 1. The van der Waals surface area contributed by atoms with Gasteiger partial charge in [-0.15, -0.1) is 13.2 Å². The molecule has 1 aliphatic rings. The first kappa shape index (κ1) is 22.4. The Hall–Kier alpha value is -2.33. The molecule has 5 nitrogen and oxygen atoms in total. The first-order chi connectivity index (χ1) is 14.2. The Morgan fingerprint density at radius 1 is 1.07 bits per heavy atom. The predicted octanol–water partition coefficient (Wildman–Crippen LogP) is 4.53. The van der Waals surface area contributed by atoms with Gasteiger partial charge in [-0.2, -0.15) is 0 Å². The van der Waals surface area contributed by atoms with Gasteiger partial charge in [0.05, 0.1) is 11.6 Å². The van der Waals surface area contributed by atoms with Crippen LogP contribution in [0.1, 0.15) is 24.3 Å². The molecule has 0 spiro atoms. The summed E-state index contributed by atoms with van der Waals surface area (Å²) in [4.78, 5) is 2.04. The van der Waals surface area contributed by atoms with E-state index < -0.39 is 22.1 Å². The zero-order valence-electron chi connectivity index (χ0n) is 16.0. The molecule has 2 aromatic rings. The molecular formula is C20H22F4N2O3S. The fraction of sp³-hybridized carbons (Fsp3) is 0.400. The Bertz CT molecular complexity index is 932. The van der Waals surface area contributed by atoms with Gasteiger partial charge in [0.15, 0.2) is 0 Å². The van der Waals surface area contributed by atoms with E-state index in [9.17, 15) is 26.0 Å². The quantitative estimate of drug-likeness (QED) is 0.605. The lowest BCUT2D eigenvalue weighted by Crippen LogP contribution is -2.21. The third kappa shape index (κ3) is 6.09. The van der Waals surface area contributed by atoms with Crippen molar-refractivity contribution in [1.29, 1.82) is 0 Å². The van der Waals surface area contributed by atoms with E-state index in [-0.39, 0.29) is 11.6 Å². The number of halogens is 4. The second-order valence-electron chi connectivity index (χ2n) is 7.08. The fourth-order valence-corrected chi connectivity index (χ4v) is 4.51. The van der Waals surface area contributed by atoms with Gasteiger partial charge in [0, 0.05) is 18.8 Å². The predicted molar refractivity (Wildman–Crippen MR) is 105 cm³/mol. The largest absolute Gasteiger partial charge is 0.573 e. The third-order valence-corrected chi connectivity index (χ3v) is 6.28. The molecule has 1 aliphatic heterocycles. The molecule has 0 radical (unpaired) electrons. The number of likely N-dealkylation sites (tertiary alicyclic amines) is 1. The summed E-state index contributed by atoms with van der Waals surface area (Å²) in [5.74, 6) is -0.181. The smallest absolute Gasteiger partial charge is 0.406 e. The van der Waals surface area contributed by atoms with Crippen molar-refractivity contribution in [3.63, 3.8) is 0 Å². The van der Waals surface area contributed by atoms with E-state index >= 15 is 0 Å². The Kier molecular flexibility index (Phi) is 6.87. The van der Waals surface area contributed by atoms with Crippen LogP contribution < -0.4 is 9.46 Å². The van der Waals surface area contributed by atoms with Crippen molar-refractivity contribution >= 4 is 15.7 Å². The number of hydrogen-bond acceptors (Lipinski definition) is 4. The fourth-order valence-electron chi connectivity index (χ4n) is 3.45. The highest BCUT2D eigenvalue weighted by atomic mass is 32.2. The van der Waals surface area contributed by atoms with Crippen LogP contribution in [-0.2, 0) is 10.0 Å². The lowest BCUT2D eigenvalue weighted by atomic mass is 9.98. The normalized spacial score (nSPS) is 17.8. The van der Waals surface area contributed by atoms with Crippen LogP contribution in [0, 0.1) is 0 Å². The van der Waals surface area contributed by atoms with Gasteiger partial charge in [-0.05, 0) is 67.3 Å². The highest BCUT2D eigenvalue weighted by molar-refractivity contribution is 7.92. The summed E-state index contributed by atoms with van der Waals surface area (Å²) in [6, 6.07) is 11.0. The van der Waals surface area contributed by atoms with E-state index in [2.05, 4.69) is 14.4 Å². The second kappa shape index (κ2) is 9.22. The first-order valence-electron chi connectivity index (χ1n) is 9.43. The van der Waals surface area contributed by atoms with Gasteiger partial charge in [-0.1, -0.05) is 12.1 Å². The number of sulfonamides is 1. The number of nitrogens with zero attached hydrogens (tertiary/aromatic N) is 1. The van der Waals surface area contributed by atoms with Crippen LogP contribution in [0.25, 0.3) is 0 Å². The molecular weight excluding hydrogens is 424 g/mol. The third-order valence-electron chi connectivity index (χ3n) is 4.88. The van der Waals surface area contributed by atoms with Crippen LogP contribution in [0.3, 0.4) is 0 Å². The molecule has 0 unspecified atom stereocenters. The van der Waals surface area contributed by atoms with E-state index in [1.165, 1.54) is 0 Å². The molecule has 0 saturated carbocycles. The Morgan fingerprint density at radius 3 is 2.33 bits per heavy atom. The average molecular weight is 446 g/mol. The van der Waals surface area contributed by atoms with E-state index in [1.807, 2.05) is 12.1 Å². The maximum Gasteiger partial charge on any atom is 0.573 e. The van der Waals surface area contributed by atoms with Gasteiger partial charge in [0.1, 0.15) is 5.75 Å². The summed E-state index contributed by atoms with van der Waals surface area (Å²) >= 11 is 0. The Labute approximate surface area is 172 Å². The molecule has 1 fully saturated rings. The molecule has 0 bridgehead atoms. The summed E-state index contributed by atoms with van der Waals surface area (Å²) in [6.07, 6.45) is -3.36. The summed E-state index contributed by atoms with van der Waals surface area (Å²) < 4.78 is 80.1. The molecule has 1 N–H and O–H groups in total. The molecule has 0 amide bonds. The average Bonchev–Trinajstić information content (AvgIpc) is 3.15. The molecule has 0 aliphatic carbocycles. The van der Waals surface area contributed by atoms with Crippen LogP contribution in [-0.4, -0.2) is 46.0 Å². The molecule has 164 valence electrons. The number of hydrogen-bond donors (Lipinski definition) is 1. The molecule has 3 rings (SSSR count). The van der Waals surface area contributed by atoms with Crippen molar-refractivity contribution in [2.75, 3.05) is 31.0 Å². The second-order valence-corrected chi connectivity index (χ2v) is 8.76. The molecule has 1 saturated heterocycles. The first-order valence-corrected chi connectivity index (χ1v) is 10.9. The lowest BCUT2D eigenvalue weighted by molar-refractivity contribution is -0.274. The number of nitrogens with one attached hydrogen (secondary N) is 1. The van der Waals surface area contributed by atoms with Crippen LogP contribution >= 0.6 is 0 Å². The van der Waals surface area contributed by atoms with Crippen molar-refractivity contribution in [2.24, 2.45) is 0 Å². The summed E-state index contributed by atoms with van der Waals surface area (Å²) in [5, 5.41) is 0. The minimum atomic E-state index is -4.84. The highest BCUT2D eigenvalue weighted by Crippen LogP contribution is 2.29. The highest BCUT2D eigenvalue weighted by Gasteiger charge is 2.31. The van der Waals surface area contributed by atoms with Gasteiger partial charge >= 0.3 is 6.36 Å². The maximum absolute atomic E-state index is 12.5. The van der Waals surface area contributed by atoms with Crippen LogP contribution in [0.5, 0.6) is 5.75 Å². The van der Waals surface area contributed by atoms with Crippen molar-refractivity contribution < 1.29 is 30.7 Å². The maximum atomic E-state index is 12.5. The van der Waals surface area contributed by atoms with Crippen LogP contribution in [0.4, 0.5) is 23.2 Å². The SMILES string of the molecule is O=S(=O)(Nc1ccc([C@@H]2CCN(CCCF)C2)cc1)c1ccc(OC(F)(F)F)cc1. The van der Waals surface area contributed by atoms with Crippen LogP contribution in [0.15, 0.2) is 53.4 Å². The molecule has 30 heavy (non-hydrogen) atoms. The van der Waals surface area contributed by atoms with Gasteiger partial charge in [-0.3, -0.25) is 9.11 Å². The number of alkyl halides is 4. The van der Waals surface area contributed by atoms with E-state index in [0.29, 0.717) is 18.0 Å². The zero-order valence-corrected chi connectivity index (χ0v) is 16.8. The van der Waals surface area contributed by atoms with Gasteiger partial charge in [0.2, 0.25) is 0 Å². The van der Waals surface area contributed by atoms with E-state index in [0.717, 1.165) is 55.9 Å². The van der Waals surface area contributed by atoms with Crippen molar-refractivity contribution in [3.05, 3.63) is 54.1 Å². The molecule has 1 atom stereocenters. The topological polar surface area (TPSA) is 58.6 Å². The van der Waals surface area contributed by atoms with Crippen molar-refractivity contribution in [2.45, 2.75) is 30.0 Å². The molecule has 2 aromatic carbocycles. The van der Waals surface area contributed by atoms with Gasteiger partial charge in [-0.25, -0.2) is 8.42 Å². The summed E-state index contributed by atoms with van der Waals surface area (Å²) in [6.45, 7) is 2.16. The van der Waals surface area contributed by atoms with Crippen LogP contribution in [0.2, 0.25) is 0 Å². The van der Waals surface area contributed by atoms with Crippen molar-refractivity contribution in [1.82, 2.24) is 4.90 Å². The zero-order chi connectivity index (χ0) is 21.8. The number of benzene rings is 2. The lowest BCUT2D eigenvalue weighted by Gasteiger charge is -2.15. The summed E-state index contributed by atoms with van der Waals surface area (Å²) in [7, 11) is -3.96. The van der Waals surface area contributed by atoms with E-state index in [4.69, 9.17) is 0 Å². The number of rotatable bonds is 8. The summed E-state index contributed by atoms with van der Waals surface area (Å²) in [5.41, 5.74) is 1.43. The van der Waals surface area contributed by atoms with Gasteiger partial charge in [0.25, 0.3) is 10.0 Å². The standard InChI is InChI=1S/C20H22F4N2O3S/c21-11-1-12-26-13-10-16(14-26)15-2-4-17(5-3-15)25-30(27,28)19-8-6-18(7-9-19)29-20(22,23)24/h2-9,16,25H,1,10-14H2/t16-/m1/s1. The minimum Gasteiger partial charge on any atom is -0.406 e. The Morgan fingerprint density at radius 2 is 1.73 bits per heavy atom. The Balaban J connectivity index is 1.62. The molecule has 1 heterocycles. The minimum absolute atomic E-state index is 0.180. The molecule has 0 aromatic heterocycles. The molecule has 10 heteroatoms. The van der Waals surface area contributed by atoms with Crippen molar-refractivity contribution in [3.8, 4) is 5.75 Å². The number of anilines is 1. The van der Waals surface area contributed by atoms with E-state index in [1.54, 1.807) is 12.1 Å².